The summed E-state index contributed by atoms with van der Waals surface area (Å²) < 4.78 is 1.36. The molecule has 0 amide bonds. The fourth-order valence-corrected chi connectivity index (χ4v) is 0.884. The monoisotopic (exact) mass is 162 g/mol. The molecule has 2 heterocycles. The van der Waals surface area contributed by atoms with Crippen LogP contribution >= 0.6 is 0 Å². The van der Waals surface area contributed by atoms with Crippen LogP contribution < -0.4 is 0 Å². The van der Waals surface area contributed by atoms with Crippen LogP contribution in [-0.4, -0.2) is 25.4 Å². The molecule has 5 nitrogen and oxygen atoms in total. The molecule has 2 rings (SSSR count). The summed E-state index contributed by atoms with van der Waals surface area (Å²) in [5, 5.41) is 0. The molecule has 0 atom stereocenters. The van der Waals surface area contributed by atoms with Gasteiger partial charge in [-0.15, -0.1) is 0 Å². The van der Waals surface area contributed by atoms with Gasteiger partial charge in [0.05, 0.1) is 0 Å². The Morgan fingerprint density at radius 1 is 1.50 bits per heavy atom. The van der Waals surface area contributed by atoms with E-state index in [9.17, 15) is 4.79 Å². The number of aromatic nitrogens is 4. The number of nitrogens with zero attached hydrogens (tertiary/aromatic N) is 3. The zero-order valence-electron chi connectivity index (χ0n) is 6.14. The molecule has 0 radical (unpaired) electrons. The second-order valence-electron chi connectivity index (χ2n) is 2.21. The van der Waals surface area contributed by atoms with Crippen LogP contribution in [-0.2, 0) is 0 Å². The summed E-state index contributed by atoms with van der Waals surface area (Å²) in [4.78, 5) is 21.7. The minimum absolute atomic E-state index is 0.211. The lowest BCUT2D eigenvalue weighted by molar-refractivity contribution is 0.0950. The predicted molar refractivity (Wildman–Crippen MR) is 40.5 cm³/mol. The average Bonchev–Trinajstić information content (AvgIpc) is 2.77. The predicted octanol–water partition coefficient (Wildman–Crippen LogP) is 0.295. The Kier molecular flexibility index (Phi) is 1.48. The van der Waals surface area contributed by atoms with E-state index >= 15 is 0 Å². The molecular formula is C7H6N4O. The highest BCUT2D eigenvalue weighted by molar-refractivity contribution is 5.92. The molecule has 0 aliphatic rings. The van der Waals surface area contributed by atoms with Gasteiger partial charge in [0.1, 0.15) is 6.33 Å². The van der Waals surface area contributed by atoms with Crippen molar-refractivity contribution < 1.29 is 4.79 Å². The maximum Gasteiger partial charge on any atom is 0.298 e. The Hall–Kier alpha value is -1.91. The maximum atomic E-state index is 11.4. The van der Waals surface area contributed by atoms with Gasteiger partial charge in [-0.1, -0.05) is 0 Å². The van der Waals surface area contributed by atoms with Gasteiger partial charge in [0.15, 0.2) is 5.82 Å². The summed E-state index contributed by atoms with van der Waals surface area (Å²) >= 11 is 0. The number of rotatable bonds is 1. The zero-order valence-corrected chi connectivity index (χ0v) is 6.14. The summed E-state index contributed by atoms with van der Waals surface area (Å²) in [5.41, 5.74) is 0. The number of carbonyl (C=O) groups is 1. The lowest BCUT2D eigenvalue weighted by Crippen LogP contribution is -2.11. The summed E-state index contributed by atoms with van der Waals surface area (Å²) in [6.45, 7) is 0. The van der Waals surface area contributed by atoms with Crippen molar-refractivity contribution in [3.63, 3.8) is 0 Å². The van der Waals surface area contributed by atoms with Gasteiger partial charge in [-0.2, -0.15) is 0 Å². The molecule has 12 heavy (non-hydrogen) atoms. The van der Waals surface area contributed by atoms with Gasteiger partial charge in [-0.25, -0.2) is 9.97 Å². The lowest BCUT2D eigenvalue weighted by Gasteiger charge is -1.94. The molecule has 1 N–H and O–H groups in total. The van der Waals surface area contributed by atoms with Gasteiger partial charge in [0.25, 0.3) is 5.91 Å². The van der Waals surface area contributed by atoms with Gasteiger partial charge in [0, 0.05) is 24.8 Å². The van der Waals surface area contributed by atoms with Crippen LogP contribution in [0.1, 0.15) is 10.6 Å². The van der Waals surface area contributed by atoms with E-state index in [1.165, 1.54) is 17.1 Å². The second-order valence-corrected chi connectivity index (χ2v) is 2.21. The molecule has 2 aromatic heterocycles. The number of aromatic amines is 1. The van der Waals surface area contributed by atoms with Gasteiger partial charge < -0.3 is 4.98 Å². The number of carbonyl (C=O) groups excluding carboxylic acids is 1. The van der Waals surface area contributed by atoms with Crippen LogP contribution in [0.2, 0.25) is 0 Å². The lowest BCUT2D eigenvalue weighted by atomic mass is 10.5. The van der Waals surface area contributed by atoms with Crippen LogP contribution in [0.15, 0.2) is 31.1 Å². The number of nitrogens with one attached hydrogen (secondary N) is 1. The minimum Gasteiger partial charge on any atom is -0.341 e. The third-order valence-corrected chi connectivity index (χ3v) is 1.44. The third kappa shape index (κ3) is 1.01. The van der Waals surface area contributed by atoms with E-state index in [0.717, 1.165) is 0 Å². The first-order valence-corrected chi connectivity index (χ1v) is 3.40. The van der Waals surface area contributed by atoms with Gasteiger partial charge in [-0.3, -0.25) is 9.36 Å². The molecule has 0 bridgehead atoms. The molecule has 0 aliphatic heterocycles. The molecule has 0 aromatic carbocycles. The smallest absolute Gasteiger partial charge is 0.298 e. The normalized spacial score (nSPS) is 10.0. The average molecular weight is 162 g/mol. The van der Waals surface area contributed by atoms with E-state index in [4.69, 9.17) is 0 Å². The van der Waals surface area contributed by atoms with E-state index in [1.54, 1.807) is 18.6 Å². The molecule has 0 fully saturated rings. The molecule has 0 unspecified atom stereocenters. The van der Waals surface area contributed by atoms with Crippen molar-refractivity contribution in [3.05, 3.63) is 36.9 Å². The fourth-order valence-electron chi connectivity index (χ4n) is 0.884. The molecule has 0 spiro atoms. The first-order chi connectivity index (χ1) is 5.88. The standard InChI is InChI=1S/C7H6N4O/c12-7(6-9-1-2-10-6)11-4-3-8-5-11/h1-5H,(H,9,10). The number of H-pyrrole nitrogens is 1. The Bertz CT molecular complexity index is 326. The van der Waals surface area contributed by atoms with Crippen molar-refractivity contribution in [2.45, 2.75) is 0 Å². The Morgan fingerprint density at radius 3 is 3.00 bits per heavy atom. The fraction of sp³-hybridized carbons (Fsp3) is 0. The van der Waals surface area contributed by atoms with Gasteiger partial charge in [-0.05, 0) is 0 Å². The quantitative estimate of drug-likeness (QED) is 0.655. The van der Waals surface area contributed by atoms with Crippen LogP contribution in [0.4, 0.5) is 0 Å². The molecule has 60 valence electrons. The summed E-state index contributed by atoms with van der Waals surface area (Å²) in [5.74, 6) is 0.102. The third-order valence-electron chi connectivity index (χ3n) is 1.44. The Morgan fingerprint density at radius 2 is 2.42 bits per heavy atom. The second kappa shape index (κ2) is 2.61. The van der Waals surface area contributed by atoms with Crippen molar-refractivity contribution >= 4 is 5.91 Å². The number of imidazole rings is 2. The molecular weight excluding hydrogens is 156 g/mol. The SMILES string of the molecule is O=C(c1ncc[nH]1)n1ccnc1. The van der Waals surface area contributed by atoms with Crippen molar-refractivity contribution in [1.29, 1.82) is 0 Å². The van der Waals surface area contributed by atoms with E-state index in [1.807, 2.05) is 0 Å². The zero-order chi connectivity index (χ0) is 8.39. The topological polar surface area (TPSA) is 63.6 Å². The van der Waals surface area contributed by atoms with Crippen molar-refractivity contribution in [2.24, 2.45) is 0 Å². The molecule has 0 saturated heterocycles. The van der Waals surface area contributed by atoms with Crippen molar-refractivity contribution in [1.82, 2.24) is 19.5 Å². The van der Waals surface area contributed by atoms with Gasteiger partial charge >= 0.3 is 0 Å². The van der Waals surface area contributed by atoms with Crippen molar-refractivity contribution in [2.75, 3.05) is 0 Å². The van der Waals surface area contributed by atoms with Crippen LogP contribution in [0.25, 0.3) is 0 Å². The summed E-state index contributed by atoms with van der Waals surface area (Å²) in [6, 6.07) is 0. The summed E-state index contributed by atoms with van der Waals surface area (Å²) in [6.07, 6.45) is 7.69. The summed E-state index contributed by atoms with van der Waals surface area (Å²) in [7, 11) is 0. The molecule has 0 saturated carbocycles. The maximum absolute atomic E-state index is 11.4. The van der Waals surface area contributed by atoms with E-state index in [2.05, 4.69) is 15.0 Å². The highest BCUT2D eigenvalue weighted by Gasteiger charge is 2.08. The van der Waals surface area contributed by atoms with Crippen molar-refractivity contribution in [3.8, 4) is 0 Å². The number of hydrogen-bond acceptors (Lipinski definition) is 3. The van der Waals surface area contributed by atoms with E-state index in [0.29, 0.717) is 5.82 Å². The van der Waals surface area contributed by atoms with E-state index < -0.39 is 0 Å². The molecule has 0 aliphatic carbocycles. The number of hydrogen-bond donors (Lipinski definition) is 1. The minimum atomic E-state index is -0.211. The molecule has 5 heteroatoms. The van der Waals surface area contributed by atoms with Crippen LogP contribution in [0.5, 0.6) is 0 Å². The highest BCUT2D eigenvalue weighted by atomic mass is 16.2. The first-order valence-electron chi connectivity index (χ1n) is 3.40. The largest absolute Gasteiger partial charge is 0.341 e. The van der Waals surface area contributed by atoms with Crippen LogP contribution in [0, 0.1) is 0 Å². The van der Waals surface area contributed by atoms with Gasteiger partial charge in [0.2, 0.25) is 0 Å². The molecule has 2 aromatic rings. The highest BCUT2D eigenvalue weighted by Crippen LogP contribution is 1.94. The van der Waals surface area contributed by atoms with E-state index in [-0.39, 0.29) is 5.91 Å². The van der Waals surface area contributed by atoms with Crippen LogP contribution in [0.3, 0.4) is 0 Å². The Balaban J connectivity index is 2.34. The first kappa shape index (κ1) is 6.78. The Labute approximate surface area is 68.1 Å².